The molecule has 2 unspecified atom stereocenters. The van der Waals surface area contributed by atoms with Gasteiger partial charge in [-0.3, -0.25) is 4.79 Å². The first-order chi connectivity index (χ1) is 9.50. The van der Waals surface area contributed by atoms with Crippen LogP contribution in [0.15, 0.2) is 18.2 Å². The van der Waals surface area contributed by atoms with E-state index in [9.17, 15) is 4.79 Å². The number of nitrogen functional groups attached to an aromatic ring is 1. The molecule has 1 aromatic rings. The Hall–Kier alpha value is -1.51. The molecule has 1 aliphatic carbocycles. The quantitative estimate of drug-likeness (QED) is 0.829. The number of carbonyl (C=O) groups excluding carboxylic acids is 1. The number of nitrogens with one attached hydrogen (secondary N) is 1. The predicted molar refractivity (Wildman–Crippen MR) is 83.6 cm³/mol. The molecule has 0 aromatic heterocycles. The Balaban J connectivity index is 2.12. The Morgan fingerprint density at radius 2 is 2.00 bits per heavy atom. The number of hydrogen-bond acceptors (Lipinski definition) is 2. The highest BCUT2D eigenvalue weighted by Gasteiger charge is 2.29. The molecule has 20 heavy (non-hydrogen) atoms. The van der Waals surface area contributed by atoms with Crippen molar-refractivity contribution in [2.45, 2.75) is 52.5 Å². The minimum absolute atomic E-state index is 0.0243. The maximum absolute atomic E-state index is 12.5. The van der Waals surface area contributed by atoms with Crippen LogP contribution in [0.2, 0.25) is 0 Å². The van der Waals surface area contributed by atoms with Gasteiger partial charge in [0.15, 0.2) is 0 Å². The number of hydrogen-bond donors (Lipinski definition) is 2. The average Bonchev–Trinajstić information content (AvgIpc) is 2.42. The molecular weight excluding hydrogens is 248 g/mol. The lowest BCUT2D eigenvalue weighted by atomic mass is 9.77. The maximum atomic E-state index is 12.5. The van der Waals surface area contributed by atoms with Gasteiger partial charge in [-0.25, -0.2) is 0 Å². The second-order valence-corrected chi connectivity index (χ2v) is 6.31. The van der Waals surface area contributed by atoms with Gasteiger partial charge in [0.2, 0.25) is 0 Å². The molecule has 1 saturated carbocycles. The molecule has 3 N–H and O–H groups in total. The van der Waals surface area contributed by atoms with E-state index in [1.165, 1.54) is 19.3 Å². The SMILES string of the molecule is Cc1cccc(C(=O)NC2CCCCC2C(C)C)c1N. The average molecular weight is 274 g/mol. The fourth-order valence-electron chi connectivity index (χ4n) is 3.26. The zero-order valence-electron chi connectivity index (χ0n) is 12.8. The highest BCUT2D eigenvalue weighted by atomic mass is 16.1. The maximum Gasteiger partial charge on any atom is 0.253 e. The molecule has 0 aliphatic heterocycles. The van der Waals surface area contributed by atoms with Gasteiger partial charge in [-0.15, -0.1) is 0 Å². The lowest BCUT2D eigenvalue weighted by Crippen LogP contribution is -2.44. The fourth-order valence-corrected chi connectivity index (χ4v) is 3.26. The minimum Gasteiger partial charge on any atom is -0.398 e. The van der Waals surface area contributed by atoms with Gasteiger partial charge >= 0.3 is 0 Å². The molecule has 0 saturated heterocycles. The van der Waals surface area contributed by atoms with E-state index in [1.54, 1.807) is 0 Å². The second-order valence-electron chi connectivity index (χ2n) is 6.31. The van der Waals surface area contributed by atoms with E-state index in [2.05, 4.69) is 19.2 Å². The molecule has 0 bridgehead atoms. The van der Waals surface area contributed by atoms with Crippen LogP contribution in [-0.4, -0.2) is 11.9 Å². The van der Waals surface area contributed by atoms with Gasteiger partial charge in [0, 0.05) is 11.7 Å². The standard InChI is InChI=1S/C17H26N2O/c1-11(2)13-8-4-5-10-15(13)19-17(20)14-9-6-7-12(3)16(14)18/h6-7,9,11,13,15H,4-5,8,10,18H2,1-3H3,(H,19,20). The van der Waals surface area contributed by atoms with Gasteiger partial charge in [-0.2, -0.15) is 0 Å². The van der Waals surface area contributed by atoms with E-state index in [-0.39, 0.29) is 11.9 Å². The van der Waals surface area contributed by atoms with Crippen molar-refractivity contribution in [2.75, 3.05) is 5.73 Å². The number of para-hydroxylation sites is 1. The number of amides is 1. The summed E-state index contributed by atoms with van der Waals surface area (Å²) in [5, 5.41) is 3.22. The zero-order valence-corrected chi connectivity index (χ0v) is 12.8. The van der Waals surface area contributed by atoms with Crippen molar-refractivity contribution in [1.29, 1.82) is 0 Å². The third-order valence-corrected chi connectivity index (χ3v) is 4.56. The van der Waals surface area contributed by atoms with Crippen molar-refractivity contribution in [3.63, 3.8) is 0 Å². The summed E-state index contributed by atoms with van der Waals surface area (Å²) >= 11 is 0. The van der Waals surface area contributed by atoms with Crippen LogP contribution in [0.3, 0.4) is 0 Å². The van der Waals surface area contributed by atoms with Crippen molar-refractivity contribution in [3.05, 3.63) is 29.3 Å². The number of aryl methyl sites for hydroxylation is 1. The first kappa shape index (κ1) is 14.9. The topological polar surface area (TPSA) is 55.1 Å². The molecule has 2 rings (SSSR count). The van der Waals surface area contributed by atoms with E-state index in [1.807, 2.05) is 25.1 Å². The van der Waals surface area contributed by atoms with Gasteiger partial charge in [0.25, 0.3) is 5.91 Å². The Morgan fingerprint density at radius 3 is 2.70 bits per heavy atom. The third kappa shape index (κ3) is 3.14. The molecule has 0 spiro atoms. The summed E-state index contributed by atoms with van der Waals surface area (Å²) in [7, 11) is 0. The Kier molecular flexibility index (Phi) is 4.69. The normalized spacial score (nSPS) is 22.8. The molecule has 0 radical (unpaired) electrons. The van der Waals surface area contributed by atoms with E-state index in [4.69, 9.17) is 5.73 Å². The highest BCUT2D eigenvalue weighted by molar-refractivity contribution is 5.99. The van der Waals surface area contributed by atoms with Gasteiger partial charge in [0.05, 0.1) is 5.56 Å². The Labute approximate surface area is 121 Å². The van der Waals surface area contributed by atoms with Crippen molar-refractivity contribution in [1.82, 2.24) is 5.32 Å². The number of nitrogens with two attached hydrogens (primary N) is 1. The van der Waals surface area contributed by atoms with Crippen molar-refractivity contribution < 1.29 is 4.79 Å². The largest absolute Gasteiger partial charge is 0.398 e. The highest BCUT2D eigenvalue weighted by Crippen LogP contribution is 2.30. The predicted octanol–water partition coefficient (Wildman–Crippen LogP) is 3.52. The molecule has 1 aliphatic rings. The van der Waals surface area contributed by atoms with E-state index >= 15 is 0 Å². The van der Waals surface area contributed by atoms with Crippen LogP contribution in [0.4, 0.5) is 5.69 Å². The summed E-state index contributed by atoms with van der Waals surface area (Å²) in [5.74, 6) is 1.16. The molecule has 1 amide bonds. The summed E-state index contributed by atoms with van der Waals surface area (Å²) in [5.41, 5.74) is 8.19. The smallest absolute Gasteiger partial charge is 0.253 e. The van der Waals surface area contributed by atoms with Crippen LogP contribution < -0.4 is 11.1 Å². The van der Waals surface area contributed by atoms with E-state index < -0.39 is 0 Å². The van der Waals surface area contributed by atoms with Crippen LogP contribution in [0.1, 0.15) is 55.5 Å². The molecule has 3 heteroatoms. The molecule has 1 fully saturated rings. The molecule has 0 heterocycles. The van der Waals surface area contributed by atoms with Crippen molar-refractivity contribution >= 4 is 11.6 Å². The zero-order chi connectivity index (χ0) is 14.7. The van der Waals surface area contributed by atoms with Crippen LogP contribution in [0.5, 0.6) is 0 Å². The summed E-state index contributed by atoms with van der Waals surface area (Å²) in [6.07, 6.45) is 4.78. The molecule has 1 aromatic carbocycles. The second kappa shape index (κ2) is 6.29. The van der Waals surface area contributed by atoms with Crippen LogP contribution in [0, 0.1) is 18.8 Å². The molecule has 3 nitrogen and oxygen atoms in total. The third-order valence-electron chi connectivity index (χ3n) is 4.56. The Bertz CT molecular complexity index is 482. The summed E-state index contributed by atoms with van der Waals surface area (Å²) < 4.78 is 0. The summed E-state index contributed by atoms with van der Waals surface area (Å²) in [6.45, 7) is 6.43. The molecular formula is C17H26N2O. The number of carbonyl (C=O) groups is 1. The number of rotatable bonds is 3. The van der Waals surface area contributed by atoms with Gasteiger partial charge in [0.1, 0.15) is 0 Å². The summed E-state index contributed by atoms with van der Waals surface area (Å²) in [4.78, 5) is 12.5. The summed E-state index contributed by atoms with van der Waals surface area (Å²) in [6, 6.07) is 5.92. The van der Waals surface area contributed by atoms with Gasteiger partial charge in [-0.1, -0.05) is 38.8 Å². The molecule has 2 atom stereocenters. The number of anilines is 1. The first-order valence-corrected chi connectivity index (χ1v) is 7.66. The van der Waals surface area contributed by atoms with Gasteiger partial charge < -0.3 is 11.1 Å². The molecule has 110 valence electrons. The lowest BCUT2D eigenvalue weighted by Gasteiger charge is -2.35. The van der Waals surface area contributed by atoms with E-state index in [0.717, 1.165) is 12.0 Å². The van der Waals surface area contributed by atoms with E-state index in [0.29, 0.717) is 23.1 Å². The Morgan fingerprint density at radius 1 is 1.30 bits per heavy atom. The number of benzene rings is 1. The van der Waals surface area contributed by atoms with Gasteiger partial charge in [-0.05, 0) is 43.2 Å². The lowest BCUT2D eigenvalue weighted by molar-refractivity contribution is 0.0890. The van der Waals surface area contributed by atoms with Crippen molar-refractivity contribution in [3.8, 4) is 0 Å². The fraction of sp³-hybridized carbons (Fsp3) is 0.588. The monoisotopic (exact) mass is 274 g/mol. The minimum atomic E-state index is -0.0243. The van der Waals surface area contributed by atoms with Crippen LogP contribution >= 0.6 is 0 Å². The van der Waals surface area contributed by atoms with Crippen molar-refractivity contribution in [2.24, 2.45) is 11.8 Å². The first-order valence-electron chi connectivity index (χ1n) is 7.66. The van der Waals surface area contributed by atoms with Crippen LogP contribution in [-0.2, 0) is 0 Å². The van der Waals surface area contributed by atoms with Crippen LogP contribution in [0.25, 0.3) is 0 Å².